The van der Waals surface area contributed by atoms with Crippen molar-refractivity contribution in [2.45, 2.75) is 39.3 Å². The van der Waals surface area contributed by atoms with E-state index in [1.165, 1.54) is 37.9 Å². The summed E-state index contributed by atoms with van der Waals surface area (Å²) in [5, 5.41) is 3.32. The van der Waals surface area contributed by atoms with Crippen molar-refractivity contribution >= 4 is 0 Å². The Labute approximate surface area is 97.8 Å². The summed E-state index contributed by atoms with van der Waals surface area (Å²) in [6, 6.07) is 2.11. The van der Waals surface area contributed by atoms with Crippen LogP contribution in [-0.4, -0.2) is 24.5 Å². The van der Waals surface area contributed by atoms with Crippen LogP contribution in [0.2, 0.25) is 0 Å². The van der Waals surface area contributed by atoms with Crippen molar-refractivity contribution in [1.29, 1.82) is 0 Å². The van der Waals surface area contributed by atoms with Crippen LogP contribution >= 0.6 is 0 Å². The highest BCUT2D eigenvalue weighted by molar-refractivity contribution is 5.16. The van der Waals surface area contributed by atoms with E-state index in [9.17, 15) is 0 Å². The van der Waals surface area contributed by atoms with Crippen LogP contribution in [0.3, 0.4) is 0 Å². The van der Waals surface area contributed by atoms with Crippen LogP contribution in [0.15, 0.2) is 16.7 Å². The van der Waals surface area contributed by atoms with Crippen LogP contribution in [0, 0.1) is 0 Å². The molecule has 0 amide bonds. The minimum atomic E-state index is 0.854. The highest BCUT2D eigenvalue weighted by Gasteiger charge is 2.13. The molecule has 1 aliphatic heterocycles. The molecule has 0 aromatic carbocycles. The Morgan fingerprint density at radius 1 is 1.31 bits per heavy atom. The molecule has 1 aromatic heterocycles. The predicted octanol–water partition coefficient (Wildman–Crippen LogP) is 2.38. The van der Waals surface area contributed by atoms with Crippen LogP contribution in [0.25, 0.3) is 0 Å². The summed E-state index contributed by atoms with van der Waals surface area (Å²) in [6.45, 7) is 7.50. The SMILES string of the molecule is CCNCc1occc1CN1CCCCC1. The van der Waals surface area contributed by atoms with Crippen LogP contribution in [0.5, 0.6) is 0 Å². The van der Waals surface area contributed by atoms with E-state index in [1.54, 1.807) is 0 Å². The maximum Gasteiger partial charge on any atom is 0.122 e. The minimum Gasteiger partial charge on any atom is -0.468 e. The molecule has 16 heavy (non-hydrogen) atoms. The first-order chi connectivity index (χ1) is 7.90. The van der Waals surface area contributed by atoms with E-state index in [4.69, 9.17) is 4.42 Å². The molecule has 90 valence electrons. The summed E-state index contributed by atoms with van der Waals surface area (Å²) in [6.07, 6.45) is 5.90. The molecule has 3 heteroatoms. The molecule has 0 atom stereocenters. The summed E-state index contributed by atoms with van der Waals surface area (Å²) >= 11 is 0. The van der Waals surface area contributed by atoms with Gasteiger partial charge in [-0.25, -0.2) is 0 Å². The van der Waals surface area contributed by atoms with Gasteiger partial charge in [0.05, 0.1) is 12.8 Å². The van der Waals surface area contributed by atoms with Gasteiger partial charge in [0.25, 0.3) is 0 Å². The molecular formula is C13H22N2O. The molecule has 0 unspecified atom stereocenters. The van der Waals surface area contributed by atoms with Crippen LogP contribution in [0.4, 0.5) is 0 Å². The Balaban J connectivity index is 1.89. The van der Waals surface area contributed by atoms with Gasteiger partial charge in [-0.05, 0) is 38.5 Å². The Bertz CT molecular complexity index is 303. The fraction of sp³-hybridized carbons (Fsp3) is 0.692. The van der Waals surface area contributed by atoms with Crippen LogP contribution < -0.4 is 5.32 Å². The van der Waals surface area contributed by atoms with Crippen molar-refractivity contribution in [3.63, 3.8) is 0 Å². The van der Waals surface area contributed by atoms with Crippen molar-refractivity contribution in [3.05, 3.63) is 23.7 Å². The fourth-order valence-electron chi connectivity index (χ4n) is 2.26. The van der Waals surface area contributed by atoms with E-state index in [1.807, 2.05) is 6.26 Å². The van der Waals surface area contributed by atoms with Crippen molar-refractivity contribution in [1.82, 2.24) is 10.2 Å². The van der Waals surface area contributed by atoms with Gasteiger partial charge >= 0.3 is 0 Å². The standard InChI is InChI=1S/C13H22N2O/c1-2-14-10-13-12(6-9-16-13)11-15-7-4-3-5-8-15/h6,9,14H,2-5,7-8,10-11H2,1H3. The van der Waals surface area contributed by atoms with E-state index in [0.29, 0.717) is 0 Å². The molecule has 1 aromatic rings. The number of hydrogen-bond donors (Lipinski definition) is 1. The first-order valence-corrected chi connectivity index (χ1v) is 6.38. The van der Waals surface area contributed by atoms with E-state index < -0.39 is 0 Å². The lowest BCUT2D eigenvalue weighted by Crippen LogP contribution is -2.29. The number of likely N-dealkylation sites (tertiary alicyclic amines) is 1. The lowest BCUT2D eigenvalue weighted by molar-refractivity contribution is 0.219. The molecule has 0 radical (unpaired) electrons. The van der Waals surface area contributed by atoms with Gasteiger partial charge in [0, 0.05) is 12.1 Å². The summed E-state index contributed by atoms with van der Waals surface area (Å²) in [5.74, 6) is 1.10. The molecule has 3 nitrogen and oxygen atoms in total. The second kappa shape index (κ2) is 6.06. The molecule has 2 rings (SSSR count). The van der Waals surface area contributed by atoms with Gasteiger partial charge < -0.3 is 9.73 Å². The van der Waals surface area contributed by atoms with Crippen molar-refractivity contribution in [2.24, 2.45) is 0 Å². The Hall–Kier alpha value is -0.800. The van der Waals surface area contributed by atoms with Crippen LogP contribution in [-0.2, 0) is 13.1 Å². The van der Waals surface area contributed by atoms with Gasteiger partial charge in [-0.3, -0.25) is 4.90 Å². The van der Waals surface area contributed by atoms with Crippen molar-refractivity contribution in [3.8, 4) is 0 Å². The molecule has 1 saturated heterocycles. The number of nitrogens with zero attached hydrogens (tertiary/aromatic N) is 1. The zero-order valence-electron chi connectivity index (χ0n) is 10.2. The summed E-state index contributed by atoms with van der Waals surface area (Å²) < 4.78 is 5.52. The molecule has 0 spiro atoms. The first-order valence-electron chi connectivity index (χ1n) is 6.38. The first kappa shape index (κ1) is 11.7. The van der Waals surface area contributed by atoms with Crippen molar-refractivity contribution in [2.75, 3.05) is 19.6 Å². The summed E-state index contributed by atoms with van der Waals surface area (Å²) in [5.41, 5.74) is 1.35. The largest absolute Gasteiger partial charge is 0.468 e. The van der Waals surface area contributed by atoms with Gasteiger partial charge in [-0.15, -0.1) is 0 Å². The lowest BCUT2D eigenvalue weighted by Gasteiger charge is -2.26. The fourth-order valence-corrected chi connectivity index (χ4v) is 2.26. The second-order valence-electron chi connectivity index (χ2n) is 4.49. The van der Waals surface area contributed by atoms with Gasteiger partial charge in [0.1, 0.15) is 5.76 Å². The number of rotatable bonds is 5. The summed E-state index contributed by atoms with van der Waals surface area (Å²) in [4.78, 5) is 2.53. The maximum atomic E-state index is 5.52. The molecule has 1 fully saturated rings. The van der Waals surface area contributed by atoms with Gasteiger partial charge in [0.2, 0.25) is 0 Å². The zero-order chi connectivity index (χ0) is 11.2. The predicted molar refractivity (Wildman–Crippen MR) is 65.2 cm³/mol. The third-order valence-electron chi connectivity index (χ3n) is 3.22. The Kier molecular flexibility index (Phi) is 4.43. The molecule has 2 heterocycles. The topological polar surface area (TPSA) is 28.4 Å². The highest BCUT2D eigenvalue weighted by atomic mass is 16.3. The van der Waals surface area contributed by atoms with Crippen LogP contribution in [0.1, 0.15) is 37.5 Å². The molecule has 1 aliphatic rings. The molecule has 0 saturated carbocycles. The second-order valence-corrected chi connectivity index (χ2v) is 4.49. The number of furan rings is 1. The van der Waals surface area contributed by atoms with Crippen molar-refractivity contribution < 1.29 is 4.42 Å². The van der Waals surface area contributed by atoms with E-state index in [0.717, 1.165) is 25.4 Å². The molecular weight excluding hydrogens is 200 g/mol. The highest BCUT2D eigenvalue weighted by Crippen LogP contribution is 2.16. The quantitative estimate of drug-likeness (QED) is 0.829. The monoisotopic (exact) mass is 222 g/mol. The zero-order valence-corrected chi connectivity index (χ0v) is 10.2. The number of piperidine rings is 1. The average Bonchev–Trinajstić information content (AvgIpc) is 2.75. The minimum absolute atomic E-state index is 0.854. The molecule has 0 aliphatic carbocycles. The Morgan fingerprint density at radius 2 is 2.12 bits per heavy atom. The third kappa shape index (κ3) is 3.09. The molecule has 1 N–H and O–H groups in total. The number of hydrogen-bond acceptors (Lipinski definition) is 3. The third-order valence-corrected chi connectivity index (χ3v) is 3.22. The molecule has 0 bridgehead atoms. The van der Waals surface area contributed by atoms with E-state index in [-0.39, 0.29) is 0 Å². The normalized spacial score (nSPS) is 17.8. The van der Waals surface area contributed by atoms with Gasteiger partial charge in [0.15, 0.2) is 0 Å². The maximum absolute atomic E-state index is 5.52. The number of nitrogens with one attached hydrogen (secondary N) is 1. The lowest BCUT2D eigenvalue weighted by atomic mass is 10.1. The van der Waals surface area contributed by atoms with Gasteiger partial charge in [-0.1, -0.05) is 13.3 Å². The smallest absolute Gasteiger partial charge is 0.122 e. The Morgan fingerprint density at radius 3 is 2.88 bits per heavy atom. The summed E-state index contributed by atoms with van der Waals surface area (Å²) in [7, 11) is 0. The van der Waals surface area contributed by atoms with Gasteiger partial charge in [-0.2, -0.15) is 0 Å². The van der Waals surface area contributed by atoms with E-state index >= 15 is 0 Å². The average molecular weight is 222 g/mol. The van der Waals surface area contributed by atoms with E-state index in [2.05, 4.69) is 23.2 Å².